The number of carbonyl (C=O) groups excluding carboxylic acids is 1. The first-order valence-corrected chi connectivity index (χ1v) is 8.72. The number of Topliss-reactive ketones (excluding diaryl/α,β-unsaturated/α-hetero) is 1. The maximum absolute atomic E-state index is 11.8. The van der Waals surface area contributed by atoms with Gasteiger partial charge < -0.3 is 0 Å². The second-order valence-corrected chi connectivity index (χ2v) is 8.58. The van der Waals surface area contributed by atoms with Crippen LogP contribution in [-0.4, -0.2) is 5.78 Å². The predicted molar refractivity (Wildman–Crippen MR) is 81.3 cm³/mol. The molecule has 3 saturated carbocycles. The van der Waals surface area contributed by atoms with Crippen molar-refractivity contribution in [3.05, 3.63) is 12.2 Å². The van der Waals surface area contributed by atoms with Crippen LogP contribution in [0.3, 0.4) is 0 Å². The molecule has 0 radical (unpaired) electrons. The van der Waals surface area contributed by atoms with Crippen LogP contribution in [0.4, 0.5) is 0 Å². The van der Waals surface area contributed by atoms with Gasteiger partial charge in [0.25, 0.3) is 0 Å². The molecule has 0 bridgehead atoms. The predicted octanol–water partition coefficient (Wildman–Crippen LogP) is 4.76. The highest BCUT2D eigenvalue weighted by Crippen LogP contribution is 2.64. The van der Waals surface area contributed by atoms with E-state index in [2.05, 4.69) is 26.0 Å². The number of fused-ring (bicyclic) bond motifs is 5. The van der Waals surface area contributed by atoms with Gasteiger partial charge in [0.15, 0.2) is 0 Å². The van der Waals surface area contributed by atoms with Crippen LogP contribution in [-0.2, 0) is 4.79 Å². The van der Waals surface area contributed by atoms with E-state index in [1.165, 1.54) is 38.5 Å². The monoisotopic (exact) mass is 272 g/mol. The molecule has 1 heteroatoms. The standard InChI is InChI=1S/C19H28O/c1-18-9-3-4-16(18)15-6-5-13-12-14(20)7-11-19(13,2)17(15)8-10-18/h3,9,13,15-17H,4-8,10-12H2,1-2H3/t13?,15-,16-,17+,18-,19-/m0/s1. The normalized spacial score (nSPS) is 54.2. The Kier molecular flexibility index (Phi) is 2.76. The lowest BCUT2D eigenvalue weighted by Crippen LogP contribution is -2.52. The first-order chi connectivity index (χ1) is 9.53. The summed E-state index contributed by atoms with van der Waals surface area (Å²) in [6.07, 6.45) is 14.7. The lowest BCUT2D eigenvalue weighted by atomic mass is 9.45. The summed E-state index contributed by atoms with van der Waals surface area (Å²) in [6, 6.07) is 0. The van der Waals surface area contributed by atoms with Crippen LogP contribution < -0.4 is 0 Å². The molecule has 6 atom stereocenters. The Bertz CT molecular complexity index is 464. The average Bonchev–Trinajstić information content (AvgIpc) is 2.81. The quantitative estimate of drug-likeness (QED) is 0.581. The highest BCUT2D eigenvalue weighted by atomic mass is 16.1. The summed E-state index contributed by atoms with van der Waals surface area (Å²) in [6.45, 7) is 5.03. The fraction of sp³-hybridized carbons (Fsp3) is 0.842. The minimum atomic E-state index is 0.473. The van der Waals surface area contributed by atoms with Crippen molar-refractivity contribution in [2.45, 2.75) is 65.2 Å². The SMILES string of the molecule is C[C@@]12C=CC[C@H]1[C@@H]1CCC3CC(=O)CC[C@]3(C)[C@@H]1CC2. The van der Waals surface area contributed by atoms with E-state index in [-0.39, 0.29) is 0 Å². The average molecular weight is 272 g/mol. The lowest BCUT2D eigenvalue weighted by molar-refractivity contribution is -0.136. The molecular weight excluding hydrogens is 244 g/mol. The highest BCUT2D eigenvalue weighted by molar-refractivity contribution is 5.79. The number of allylic oxidation sites excluding steroid dienone is 2. The molecule has 1 nitrogen and oxygen atoms in total. The van der Waals surface area contributed by atoms with Crippen LogP contribution >= 0.6 is 0 Å². The minimum Gasteiger partial charge on any atom is -0.300 e. The van der Waals surface area contributed by atoms with Gasteiger partial charge in [-0.3, -0.25) is 4.79 Å². The summed E-state index contributed by atoms with van der Waals surface area (Å²) >= 11 is 0. The Hall–Kier alpha value is -0.590. The van der Waals surface area contributed by atoms with Gasteiger partial charge in [0, 0.05) is 12.8 Å². The van der Waals surface area contributed by atoms with E-state index in [1.54, 1.807) is 0 Å². The van der Waals surface area contributed by atoms with Crippen LogP contribution in [0.25, 0.3) is 0 Å². The largest absolute Gasteiger partial charge is 0.300 e. The molecule has 0 aliphatic heterocycles. The number of ketones is 1. The molecule has 0 aromatic heterocycles. The van der Waals surface area contributed by atoms with E-state index in [0.717, 1.165) is 30.6 Å². The molecule has 0 N–H and O–H groups in total. The molecule has 110 valence electrons. The van der Waals surface area contributed by atoms with Gasteiger partial charge in [0.2, 0.25) is 0 Å². The molecule has 0 amide bonds. The van der Waals surface area contributed by atoms with Crippen molar-refractivity contribution in [2.24, 2.45) is 34.5 Å². The fourth-order valence-corrected chi connectivity index (χ4v) is 6.53. The van der Waals surface area contributed by atoms with E-state index in [9.17, 15) is 4.79 Å². The zero-order chi connectivity index (χ0) is 14.0. The Labute approximate surface area is 123 Å². The van der Waals surface area contributed by atoms with Crippen molar-refractivity contribution < 1.29 is 4.79 Å². The van der Waals surface area contributed by atoms with Crippen molar-refractivity contribution in [1.82, 2.24) is 0 Å². The van der Waals surface area contributed by atoms with Crippen LogP contribution in [0.2, 0.25) is 0 Å². The third kappa shape index (κ3) is 1.64. The maximum atomic E-state index is 11.8. The molecule has 0 saturated heterocycles. The van der Waals surface area contributed by atoms with E-state index < -0.39 is 0 Å². The maximum Gasteiger partial charge on any atom is 0.133 e. The van der Waals surface area contributed by atoms with Crippen LogP contribution in [0, 0.1) is 34.5 Å². The minimum absolute atomic E-state index is 0.473. The smallest absolute Gasteiger partial charge is 0.133 e. The van der Waals surface area contributed by atoms with Crippen LogP contribution in [0.1, 0.15) is 65.2 Å². The number of hydrogen-bond donors (Lipinski definition) is 0. The van der Waals surface area contributed by atoms with E-state index >= 15 is 0 Å². The zero-order valence-electron chi connectivity index (χ0n) is 13.0. The van der Waals surface area contributed by atoms with Crippen molar-refractivity contribution >= 4 is 5.78 Å². The van der Waals surface area contributed by atoms with E-state index in [4.69, 9.17) is 0 Å². The molecule has 0 spiro atoms. The third-order valence-electron chi connectivity index (χ3n) is 7.81. The number of rotatable bonds is 0. The molecule has 4 aliphatic rings. The molecule has 0 aromatic rings. The second-order valence-electron chi connectivity index (χ2n) is 8.58. The fourth-order valence-electron chi connectivity index (χ4n) is 6.53. The van der Waals surface area contributed by atoms with Crippen molar-refractivity contribution in [3.8, 4) is 0 Å². The van der Waals surface area contributed by atoms with Gasteiger partial charge >= 0.3 is 0 Å². The molecule has 0 heterocycles. The Morgan fingerprint density at radius 2 is 1.95 bits per heavy atom. The summed E-state index contributed by atoms with van der Waals surface area (Å²) < 4.78 is 0. The second kappa shape index (κ2) is 4.21. The summed E-state index contributed by atoms with van der Waals surface area (Å²) in [5, 5.41) is 0. The van der Waals surface area contributed by atoms with Crippen molar-refractivity contribution in [3.63, 3.8) is 0 Å². The first-order valence-electron chi connectivity index (χ1n) is 8.72. The van der Waals surface area contributed by atoms with Crippen molar-refractivity contribution in [2.75, 3.05) is 0 Å². The molecule has 1 unspecified atom stereocenters. The molecule has 3 fully saturated rings. The van der Waals surface area contributed by atoms with Gasteiger partial charge in [0.1, 0.15) is 5.78 Å². The molecule has 0 aromatic carbocycles. The highest BCUT2D eigenvalue weighted by Gasteiger charge is 2.56. The zero-order valence-corrected chi connectivity index (χ0v) is 13.0. The molecule has 20 heavy (non-hydrogen) atoms. The summed E-state index contributed by atoms with van der Waals surface area (Å²) in [5.41, 5.74) is 0.968. The van der Waals surface area contributed by atoms with E-state index in [1.807, 2.05) is 0 Å². The topological polar surface area (TPSA) is 17.1 Å². The summed E-state index contributed by atoms with van der Waals surface area (Å²) in [7, 11) is 0. The Balaban J connectivity index is 1.64. The molecule has 4 aliphatic carbocycles. The molecular formula is C19H28O. The van der Waals surface area contributed by atoms with Gasteiger partial charge in [0.05, 0.1) is 0 Å². The van der Waals surface area contributed by atoms with Crippen molar-refractivity contribution in [1.29, 1.82) is 0 Å². The third-order valence-corrected chi connectivity index (χ3v) is 7.81. The van der Waals surface area contributed by atoms with Gasteiger partial charge in [-0.2, -0.15) is 0 Å². The van der Waals surface area contributed by atoms with Gasteiger partial charge in [-0.15, -0.1) is 0 Å². The Morgan fingerprint density at radius 1 is 1.10 bits per heavy atom. The number of carbonyl (C=O) groups is 1. The molecule has 4 rings (SSSR count). The summed E-state index contributed by atoms with van der Waals surface area (Å²) in [4.78, 5) is 11.8. The Morgan fingerprint density at radius 3 is 2.80 bits per heavy atom. The summed E-state index contributed by atoms with van der Waals surface area (Å²) in [5.74, 6) is 3.96. The van der Waals surface area contributed by atoms with Gasteiger partial charge in [-0.25, -0.2) is 0 Å². The van der Waals surface area contributed by atoms with Crippen LogP contribution in [0.15, 0.2) is 12.2 Å². The lowest BCUT2D eigenvalue weighted by Gasteiger charge is -2.59. The van der Waals surface area contributed by atoms with Gasteiger partial charge in [-0.1, -0.05) is 26.0 Å². The number of hydrogen-bond acceptors (Lipinski definition) is 1. The van der Waals surface area contributed by atoms with Gasteiger partial charge in [-0.05, 0) is 73.0 Å². The first kappa shape index (κ1) is 13.1. The van der Waals surface area contributed by atoms with Crippen LogP contribution in [0.5, 0.6) is 0 Å². The van der Waals surface area contributed by atoms with E-state index in [0.29, 0.717) is 22.5 Å².